The molecule has 0 spiro atoms. The van der Waals surface area contributed by atoms with Gasteiger partial charge in [0.25, 0.3) is 0 Å². The van der Waals surface area contributed by atoms with Gasteiger partial charge in [-0.1, -0.05) is 5.16 Å². The summed E-state index contributed by atoms with van der Waals surface area (Å²) in [5.41, 5.74) is 5.47. The molecule has 1 fully saturated rings. The van der Waals surface area contributed by atoms with Crippen LogP contribution in [0.2, 0.25) is 0 Å². The lowest BCUT2D eigenvalue weighted by atomic mass is 10.2. The molecule has 1 saturated heterocycles. The van der Waals surface area contributed by atoms with Crippen LogP contribution in [0, 0.1) is 0 Å². The molecule has 0 aromatic carbocycles. The normalized spacial score (nSPS) is 24.6. The van der Waals surface area contributed by atoms with Crippen LogP contribution in [-0.2, 0) is 6.54 Å². The predicted molar refractivity (Wildman–Crippen MR) is 59.7 cm³/mol. The van der Waals surface area contributed by atoms with Gasteiger partial charge in [-0.3, -0.25) is 4.90 Å². The van der Waals surface area contributed by atoms with Crippen molar-refractivity contribution < 1.29 is 4.52 Å². The van der Waals surface area contributed by atoms with Gasteiger partial charge in [0.2, 0.25) is 5.89 Å². The van der Waals surface area contributed by atoms with E-state index < -0.39 is 0 Å². The van der Waals surface area contributed by atoms with E-state index in [0.717, 1.165) is 25.5 Å². The average molecular weight is 225 g/mol. The van der Waals surface area contributed by atoms with Crippen LogP contribution in [0.5, 0.6) is 0 Å². The van der Waals surface area contributed by atoms with Crippen molar-refractivity contribution in [2.24, 2.45) is 5.73 Å². The van der Waals surface area contributed by atoms with Gasteiger partial charge in [-0.05, 0) is 33.6 Å². The fourth-order valence-electron chi connectivity index (χ4n) is 2.04. The summed E-state index contributed by atoms with van der Waals surface area (Å²) in [7, 11) is 4.22. The van der Waals surface area contributed by atoms with E-state index in [-0.39, 0.29) is 6.04 Å². The molecule has 2 rings (SSSR count). The van der Waals surface area contributed by atoms with E-state index in [1.807, 2.05) is 0 Å². The summed E-state index contributed by atoms with van der Waals surface area (Å²) in [6.07, 6.45) is 1.17. The van der Waals surface area contributed by atoms with Gasteiger partial charge < -0.3 is 15.2 Å². The Bertz CT molecular complexity index is 340. The van der Waals surface area contributed by atoms with Gasteiger partial charge >= 0.3 is 0 Å². The van der Waals surface area contributed by atoms with Crippen LogP contribution in [0.15, 0.2) is 4.52 Å². The lowest BCUT2D eigenvalue weighted by Gasteiger charge is -2.24. The zero-order valence-electron chi connectivity index (χ0n) is 9.89. The second-order valence-corrected chi connectivity index (χ2v) is 4.36. The summed E-state index contributed by atoms with van der Waals surface area (Å²) in [5, 5.41) is 4.00. The third kappa shape index (κ3) is 2.40. The van der Waals surface area contributed by atoms with Crippen LogP contribution in [0.1, 0.15) is 24.2 Å². The molecule has 0 radical (unpaired) electrons. The molecule has 6 heteroatoms. The van der Waals surface area contributed by atoms with E-state index in [1.165, 1.54) is 6.42 Å². The molecule has 1 aromatic heterocycles. The molecule has 2 heterocycles. The third-order valence-electron chi connectivity index (χ3n) is 3.02. The van der Waals surface area contributed by atoms with Gasteiger partial charge in [0.05, 0.1) is 12.6 Å². The number of hydrogen-bond donors (Lipinski definition) is 1. The quantitative estimate of drug-likeness (QED) is 0.754. The Labute approximate surface area is 95.4 Å². The minimum absolute atomic E-state index is 0.205. The second-order valence-electron chi connectivity index (χ2n) is 4.36. The summed E-state index contributed by atoms with van der Waals surface area (Å²) >= 11 is 0. The Morgan fingerprint density at radius 2 is 2.25 bits per heavy atom. The Balaban J connectivity index is 2.15. The molecule has 1 aliphatic heterocycles. The number of aromatic nitrogens is 2. The fourth-order valence-corrected chi connectivity index (χ4v) is 2.04. The maximum absolute atomic E-state index is 5.47. The first kappa shape index (κ1) is 11.5. The van der Waals surface area contributed by atoms with E-state index in [2.05, 4.69) is 34.0 Å². The first-order chi connectivity index (χ1) is 7.70. The number of nitrogens with zero attached hydrogens (tertiary/aromatic N) is 4. The molecule has 1 unspecified atom stereocenters. The van der Waals surface area contributed by atoms with Crippen LogP contribution in [0.4, 0.5) is 0 Å². The van der Waals surface area contributed by atoms with Crippen LogP contribution in [-0.4, -0.2) is 53.7 Å². The summed E-state index contributed by atoms with van der Waals surface area (Å²) in [5.74, 6) is 1.26. The summed E-state index contributed by atoms with van der Waals surface area (Å²) < 4.78 is 5.06. The van der Waals surface area contributed by atoms with Crippen molar-refractivity contribution in [2.45, 2.75) is 19.0 Å². The number of nitrogens with two attached hydrogens (primary N) is 1. The van der Waals surface area contributed by atoms with E-state index in [9.17, 15) is 0 Å². The van der Waals surface area contributed by atoms with Crippen LogP contribution in [0.25, 0.3) is 0 Å². The first-order valence-electron chi connectivity index (χ1n) is 5.62. The SMILES string of the molecule is CN1CCCN(C)C(c2noc(CN)n2)C1. The van der Waals surface area contributed by atoms with Crippen molar-refractivity contribution in [1.29, 1.82) is 0 Å². The van der Waals surface area contributed by atoms with E-state index in [4.69, 9.17) is 10.3 Å². The molecule has 16 heavy (non-hydrogen) atoms. The van der Waals surface area contributed by atoms with Crippen LogP contribution < -0.4 is 5.73 Å². The Hall–Kier alpha value is -0.980. The highest BCUT2D eigenvalue weighted by Crippen LogP contribution is 2.20. The Morgan fingerprint density at radius 3 is 2.94 bits per heavy atom. The van der Waals surface area contributed by atoms with Gasteiger partial charge in [0.15, 0.2) is 5.82 Å². The van der Waals surface area contributed by atoms with Crippen LogP contribution in [0.3, 0.4) is 0 Å². The minimum atomic E-state index is 0.205. The molecule has 0 amide bonds. The second kappa shape index (κ2) is 4.90. The van der Waals surface area contributed by atoms with Gasteiger partial charge in [0, 0.05) is 6.54 Å². The molecule has 1 aromatic rings. The average Bonchev–Trinajstić information content (AvgIpc) is 2.67. The van der Waals surface area contributed by atoms with Crippen molar-refractivity contribution in [3.8, 4) is 0 Å². The molecule has 1 atom stereocenters. The maximum Gasteiger partial charge on any atom is 0.240 e. The van der Waals surface area contributed by atoms with Gasteiger partial charge in [0.1, 0.15) is 0 Å². The molecule has 90 valence electrons. The third-order valence-corrected chi connectivity index (χ3v) is 3.02. The lowest BCUT2D eigenvalue weighted by Crippen LogP contribution is -2.31. The van der Waals surface area contributed by atoms with Gasteiger partial charge in [-0.15, -0.1) is 0 Å². The van der Waals surface area contributed by atoms with E-state index >= 15 is 0 Å². The fraction of sp³-hybridized carbons (Fsp3) is 0.800. The monoisotopic (exact) mass is 225 g/mol. The van der Waals surface area contributed by atoms with E-state index in [0.29, 0.717) is 12.4 Å². The smallest absolute Gasteiger partial charge is 0.240 e. The van der Waals surface area contributed by atoms with Crippen molar-refractivity contribution in [2.75, 3.05) is 33.7 Å². The maximum atomic E-state index is 5.47. The number of hydrogen-bond acceptors (Lipinski definition) is 6. The number of likely N-dealkylation sites (N-methyl/N-ethyl adjacent to an activating group) is 2. The van der Waals surface area contributed by atoms with Crippen molar-refractivity contribution in [3.63, 3.8) is 0 Å². The first-order valence-corrected chi connectivity index (χ1v) is 5.62. The predicted octanol–water partition coefficient (Wildman–Crippen LogP) is -0.163. The summed E-state index contributed by atoms with van der Waals surface area (Å²) in [6.45, 7) is 3.41. The lowest BCUT2D eigenvalue weighted by molar-refractivity contribution is 0.214. The van der Waals surface area contributed by atoms with Crippen molar-refractivity contribution >= 4 is 0 Å². The minimum Gasteiger partial charge on any atom is -0.338 e. The van der Waals surface area contributed by atoms with Crippen LogP contribution >= 0.6 is 0 Å². The molecule has 1 aliphatic rings. The zero-order chi connectivity index (χ0) is 11.5. The van der Waals surface area contributed by atoms with Gasteiger partial charge in [-0.2, -0.15) is 4.98 Å². The highest BCUT2D eigenvalue weighted by molar-refractivity contribution is 4.96. The Kier molecular flexibility index (Phi) is 3.52. The van der Waals surface area contributed by atoms with Crippen molar-refractivity contribution in [1.82, 2.24) is 19.9 Å². The molecule has 2 N–H and O–H groups in total. The molecule has 6 nitrogen and oxygen atoms in total. The standard InChI is InChI=1S/C10H19N5O/c1-14-4-3-5-15(2)8(7-14)10-12-9(6-11)16-13-10/h8H,3-7,11H2,1-2H3. The highest BCUT2D eigenvalue weighted by atomic mass is 16.5. The number of rotatable bonds is 2. The topological polar surface area (TPSA) is 71.4 Å². The summed E-state index contributed by atoms with van der Waals surface area (Å²) in [6, 6.07) is 0.205. The molecular weight excluding hydrogens is 206 g/mol. The Morgan fingerprint density at radius 1 is 1.44 bits per heavy atom. The highest BCUT2D eigenvalue weighted by Gasteiger charge is 2.26. The zero-order valence-corrected chi connectivity index (χ0v) is 9.89. The van der Waals surface area contributed by atoms with Gasteiger partial charge in [-0.25, -0.2) is 0 Å². The largest absolute Gasteiger partial charge is 0.338 e. The molecular formula is C10H19N5O. The van der Waals surface area contributed by atoms with E-state index in [1.54, 1.807) is 0 Å². The molecule has 0 aliphatic carbocycles. The summed E-state index contributed by atoms with van der Waals surface area (Å²) in [4.78, 5) is 8.88. The van der Waals surface area contributed by atoms with Crippen molar-refractivity contribution in [3.05, 3.63) is 11.7 Å². The molecule has 0 bridgehead atoms. The molecule has 0 saturated carbocycles.